The third-order valence-electron chi connectivity index (χ3n) is 1.54. The Hall–Kier alpha value is -1.95. The van der Waals surface area contributed by atoms with Crippen molar-refractivity contribution >= 4 is 18.5 Å². The molecule has 0 bridgehead atoms. The van der Waals surface area contributed by atoms with Crippen LogP contribution in [0.15, 0.2) is 0 Å². The molecule has 0 aliphatic carbocycles. The first kappa shape index (κ1) is 18.0. The third kappa shape index (κ3) is 9.04. The van der Waals surface area contributed by atoms with Crippen LogP contribution in [0.1, 0.15) is 0 Å². The van der Waals surface area contributed by atoms with Gasteiger partial charge in [-0.25, -0.2) is 14.4 Å². The first-order valence-corrected chi connectivity index (χ1v) is 5.20. The van der Waals surface area contributed by atoms with Gasteiger partial charge in [0.1, 0.15) is 25.4 Å². The van der Waals surface area contributed by atoms with Crippen molar-refractivity contribution in [2.75, 3.05) is 26.4 Å². The van der Waals surface area contributed by atoms with Crippen LogP contribution in [0.2, 0.25) is 0 Å². The highest BCUT2D eigenvalue weighted by Crippen LogP contribution is 1.96. The van der Waals surface area contributed by atoms with E-state index in [1.54, 1.807) is 0 Å². The summed E-state index contributed by atoms with van der Waals surface area (Å²) in [6.45, 7) is -2.60. The van der Waals surface area contributed by atoms with Gasteiger partial charge in [0, 0.05) is 0 Å². The number of carbonyl (C=O) groups excluding carboxylic acids is 3. The normalized spacial score (nSPS) is 13.0. The van der Waals surface area contributed by atoms with E-state index < -0.39 is 57.1 Å². The lowest BCUT2D eigenvalue weighted by atomic mass is 10.4. The molecule has 11 nitrogen and oxygen atoms in total. The van der Waals surface area contributed by atoms with Gasteiger partial charge in [-0.2, -0.15) is 0 Å². The second kappa shape index (κ2) is 9.91. The van der Waals surface area contributed by atoms with Crippen LogP contribution in [0.25, 0.3) is 0 Å². The Morgan fingerprint density at radius 3 is 1.40 bits per heavy atom. The maximum absolute atomic E-state index is 10.8. The summed E-state index contributed by atoms with van der Waals surface area (Å²) in [7, 11) is 0. The maximum Gasteiger partial charge on any atom is 0.528 e. The zero-order valence-corrected chi connectivity index (χ0v) is 10.1. The van der Waals surface area contributed by atoms with Crippen molar-refractivity contribution in [1.29, 1.82) is 0 Å². The smallest absolute Gasteiger partial charge is 0.431 e. The van der Waals surface area contributed by atoms with Crippen molar-refractivity contribution < 1.29 is 53.8 Å². The molecule has 0 spiro atoms. The van der Waals surface area contributed by atoms with Gasteiger partial charge in [-0.15, -0.1) is 0 Å². The zero-order chi connectivity index (χ0) is 15.5. The van der Waals surface area contributed by atoms with Crippen molar-refractivity contribution in [3.05, 3.63) is 0 Å². The van der Waals surface area contributed by atoms with Gasteiger partial charge < -0.3 is 39.4 Å². The van der Waals surface area contributed by atoms with Crippen molar-refractivity contribution in [3.63, 3.8) is 0 Å². The molecule has 2 unspecified atom stereocenters. The van der Waals surface area contributed by atoms with Gasteiger partial charge in [0.2, 0.25) is 0 Å². The van der Waals surface area contributed by atoms with Crippen LogP contribution in [0, 0.1) is 0 Å². The molecular weight excluding hydrogens is 284 g/mol. The number of rotatable bonds is 6. The molecule has 0 fully saturated rings. The molecule has 0 aromatic rings. The van der Waals surface area contributed by atoms with Gasteiger partial charge in [0.15, 0.2) is 0 Å². The Kier molecular flexibility index (Phi) is 8.95. The second-order valence-corrected chi connectivity index (χ2v) is 3.25. The molecule has 0 saturated heterocycles. The minimum Gasteiger partial charge on any atom is -0.431 e. The third-order valence-corrected chi connectivity index (χ3v) is 1.54. The van der Waals surface area contributed by atoms with Gasteiger partial charge in [-0.3, -0.25) is 0 Å². The zero-order valence-electron chi connectivity index (χ0n) is 10.1. The predicted octanol–water partition coefficient (Wildman–Crippen LogP) is -1.88. The molecule has 4 N–H and O–H groups in total. The number of hydrogen-bond acceptors (Lipinski definition) is 11. The highest BCUT2D eigenvalue weighted by molar-refractivity contribution is 5.83. The van der Waals surface area contributed by atoms with Crippen LogP contribution in [-0.4, -0.2) is 77.5 Å². The lowest BCUT2D eigenvalue weighted by Gasteiger charge is -2.09. The fourth-order valence-corrected chi connectivity index (χ4v) is 0.650. The molecule has 20 heavy (non-hydrogen) atoms. The molecule has 0 rings (SSSR count). The van der Waals surface area contributed by atoms with Crippen molar-refractivity contribution in [2.45, 2.75) is 12.2 Å². The standard InChI is InChI=1S/C9H14O11/c10-1-5(12)3-17-7(14)19-9(16)20-8(15)18-4-6(13)2-11/h5-6,10-13H,1-4H2. The minimum atomic E-state index is -1.75. The largest absolute Gasteiger partial charge is 0.528 e. The first-order chi connectivity index (χ1) is 9.38. The molecule has 0 amide bonds. The molecule has 0 aliphatic rings. The van der Waals surface area contributed by atoms with Gasteiger partial charge in [-0.1, -0.05) is 0 Å². The average molecular weight is 298 g/mol. The monoisotopic (exact) mass is 298 g/mol. The highest BCUT2D eigenvalue weighted by Gasteiger charge is 2.20. The molecular formula is C9H14O11. The quantitative estimate of drug-likeness (QED) is 0.319. The number of ether oxygens (including phenoxy) is 4. The van der Waals surface area contributed by atoms with Gasteiger partial charge in [0.25, 0.3) is 0 Å². The summed E-state index contributed by atoms with van der Waals surface area (Å²) in [4.78, 5) is 32.4. The predicted molar refractivity (Wildman–Crippen MR) is 56.4 cm³/mol. The Morgan fingerprint density at radius 2 is 1.10 bits per heavy atom. The van der Waals surface area contributed by atoms with Crippen LogP contribution < -0.4 is 0 Å². The minimum absolute atomic E-state index is 0.629. The van der Waals surface area contributed by atoms with E-state index in [0.717, 1.165) is 0 Å². The Labute approximate surface area is 112 Å². The fourth-order valence-electron chi connectivity index (χ4n) is 0.650. The van der Waals surface area contributed by atoms with Crippen LogP contribution in [0.4, 0.5) is 14.4 Å². The van der Waals surface area contributed by atoms with E-state index >= 15 is 0 Å². The molecule has 0 aromatic heterocycles. The summed E-state index contributed by atoms with van der Waals surface area (Å²) in [5.74, 6) is 0. The summed E-state index contributed by atoms with van der Waals surface area (Å²) < 4.78 is 16.0. The molecule has 0 aromatic carbocycles. The summed E-state index contributed by atoms with van der Waals surface area (Å²) in [6.07, 6.45) is -7.57. The van der Waals surface area contributed by atoms with Crippen molar-refractivity contribution in [1.82, 2.24) is 0 Å². The molecule has 0 heterocycles. The summed E-state index contributed by atoms with van der Waals surface area (Å²) >= 11 is 0. The second-order valence-electron chi connectivity index (χ2n) is 3.25. The summed E-state index contributed by atoms with van der Waals surface area (Å²) in [5.41, 5.74) is 0. The van der Waals surface area contributed by atoms with E-state index in [-0.39, 0.29) is 0 Å². The van der Waals surface area contributed by atoms with Crippen LogP contribution in [0.3, 0.4) is 0 Å². The SMILES string of the molecule is O=C(OCC(O)CO)OC(=O)OC(=O)OCC(O)CO. The van der Waals surface area contributed by atoms with Crippen LogP contribution in [0.5, 0.6) is 0 Å². The van der Waals surface area contributed by atoms with E-state index in [4.69, 9.17) is 20.4 Å². The maximum atomic E-state index is 10.8. The number of aliphatic hydroxyl groups excluding tert-OH is 4. The van der Waals surface area contributed by atoms with Gasteiger partial charge in [0.05, 0.1) is 13.2 Å². The highest BCUT2D eigenvalue weighted by atomic mass is 16.9. The number of carbonyl (C=O) groups is 3. The molecule has 0 aliphatic heterocycles. The molecule has 116 valence electrons. The molecule has 0 saturated carbocycles. The molecule has 0 radical (unpaired) electrons. The Bertz CT molecular complexity index is 298. The van der Waals surface area contributed by atoms with E-state index in [0.29, 0.717) is 0 Å². The topological polar surface area (TPSA) is 169 Å². The summed E-state index contributed by atoms with van der Waals surface area (Å²) in [6, 6.07) is 0. The van der Waals surface area contributed by atoms with Crippen LogP contribution >= 0.6 is 0 Å². The van der Waals surface area contributed by atoms with Crippen LogP contribution in [-0.2, 0) is 18.9 Å². The Morgan fingerprint density at radius 1 is 0.750 bits per heavy atom. The van der Waals surface area contributed by atoms with Crippen molar-refractivity contribution in [2.24, 2.45) is 0 Å². The first-order valence-electron chi connectivity index (χ1n) is 5.20. The fraction of sp³-hybridized carbons (Fsp3) is 0.667. The Balaban J connectivity index is 3.86. The average Bonchev–Trinajstić information content (AvgIpc) is 2.41. The number of aliphatic hydroxyl groups is 4. The van der Waals surface area contributed by atoms with Gasteiger partial charge in [-0.05, 0) is 0 Å². The molecule has 11 heteroatoms. The lowest BCUT2D eigenvalue weighted by molar-refractivity contribution is -0.0105. The van der Waals surface area contributed by atoms with E-state index in [9.17, 15) is 14.4 Å². The summed E-state index contributed by atoms with van der Waals surface area (Å²) in [5, 5.41) is 34.4. The number of hydrogen-bond donors (Lipinski definition) is 4. The van der Waals surface area contributed by atoms with E-state index in [1.807, 2.05) is 0 Å². The van der Waals surface area contributed by atoms with Crippen molar-refractivity contribution in [3.8, 4) is 0 Å². The van der Waals surface area contributed by atoms with E-state index in [1.165, 1.54) is 0 Å². The van der Waals surface area contributed by atoms with Gasteiger partial charge >= 0.3 is 18.5 Å². The lowest BCUT2D eigenvalue weighted by Crippen LogP contribution is -2.26. The van der Waals surface area contributed by atoms with E-state index in [2.05, 4.69) is 18.9 Å². The molecule has 2 atom stereocenters.